The number of hydrogen-bond donors (Lipinski definition) is 0. The second kappa shape index (κ2) is 17.7. The predicted molar refractivity (Wildman–Crippen MR) is 268 cm³/mol. The zero-order valence-corrected chi connectivity index (χ0v) is 40.3. The molecule has 8 aromatic carbocycles. The largest absolute Gasteiger partial charge is 0.500 e. The number of pyridine rings is 1. The Morgan fingerprint density at radius 3 is 1.97 bits per heavy atom. The summed E-state index contributed by atoms with van der Waals surface area (Å²) in [6.07, 6.45) is 1.95. The molecule has 0 aliphatic carbocycles. The summed E-state index contributed by atoms with van der Waals surface area (Å²) in [4.78, 5) is 9.83. The molecule has 3 aromatic heterocycles. The minimum Gasteiger partial charge on any atom is -0.500 e. The number of fused-ring (bicyclic) bond motifs is 8. The number of furan rings is 1. The van der Waals surface area contributed by atoms with E-state index in [-0.39, 0.29) is 37.4 Å². The topological polar surface area (TPSA) is 43.9 Å². The molecule has 0 atom stereocenters. The Balaban J connectivity index is 0.000000266. The Labute approximate surface area is 395 Å². The second-order valence-electron chi connectivity index (χ2n) is 18.4. The summed E-state index contributed by atoms with van der Waals surface area (Å²) in [5.74, 6) is 1.40. The van der Waals surface area contributed by atoms with Crippen molar-refractivity contribution in [3.63, 3.8) is 0 Å². The summed E-state index contributed by atoms with van der Waals surface area (Å²) < 4.78 is 9.37. The first-order valence-corrected chi connectivity index (χ1v) is 22.4. The van der Waals surface area contributed by atoms with Crippen molar-refractivity contribution in [3.8, 4) is 39.5 Å². The third-order valence-corrected chi connectivity index (χ3v) is 12.4. The number of rotatable bonds is 6. The third kappa shape index (κ3) is 8.09. The van der Waals surface area contributed by atoms with Crippen molar-refractivity contribution < 1.29 is 24.5 Å². The van der Waals surface area contributed by atoms with Gasteiger partial charge >= 0.3 is 0 Å². The molecule has 4 nitrogen and oxygen atoms in total. The van der Waals surface area contributed by atoms with Gasteiger partial charge in [0, 0.05) is 42.8 Å². The van der Waals surface area contributed by atoms with Gasteiger partial charge in [0.2, 0.25) is 0 Å². The molecule has 0 amide bonds. The maximum absolute atomic E-state index is 6.99. The molecule has 3 heterocycles. The van der Waals surface area contributed by atoms with Crippen LogP contribution in [-0.4, -0.2) is 14.5 Å². The van der Waals surface area contributed by atoms with Crippen molar-refractivity contribution >= 4 is 54.5 Å². The van der Waals surface area contributed by atoms with Crippen LogP contribution in [0.5, 0.6) is 0 Å². The smallest absolute Gasteiger partial charge is 0.129 e. The summed E-state index contributed by atoms with van der Waals surface area (Å²) in [5, 5.41) is 6.87. The van der Waals surface area contributed by atoms with Crippen molar-refractivity contribution in [2.75, 3.05) is 0 Å². The average Bonchev–Trinajstić information content (AvgIpc) is 3.90. The Bertz CT molecular complexity index is 3440. The number of benzene rings is 8. The Hall–Kier alpha value is -6.65. The van der Waals surface area contributed by atoms with E-state index in [1.807, 2.05) is 36.5 Å². The number of para-hydroxylation sites is 2. The average molecular weight is 1020 g/mol. The zero-order valence-electron chi connectivity index (χ0n) is 37.9. The fourth-order valence-corrected chi connectivity index (χ4v) is 9.04. The van der Waals surface area contributed by atoms with E-state index in [1.165, 1.54) is 49.7 Å². The molecule has 1 radical (unpaired) electrons. The van der Waals surface area contributed by atoms with Gasteiger partial charge in [0.25, 0.3) is 0 Å². The van der Waals surface area contributed by atoms with Crippen LogP contribution in [0.4, 0.5) is 0 Å². The predicted octanol–water partition coefficient (Wildman–Crippen LogP) is 16.5. The molecule has 0 spiro atoms. The van der Waals surface area contributed by atoms with Crippen molar-refractivity contribution in [3.05, 3.63) is 199 Å². The van der Waals surface area contributed by atoms with Crippen LogP contribution in [0, 0.1) is 12.1 Å². The first kappa shape index (κ1) is 43.6. The number of nitrogens with zero attached hydrogens (tertiary/aromatic N) is 3. The first-order chi connectivity index (χ1) is 31.0. The molecule has 0 aliphatic heterocycles. The van der Waals surface area contributed by atoms with Gasteiger partial charge in [0.05, 0.1) is 22.4 Å². The Morgan fingerprint density at radius 1 is 0.585 bits per heavy atom. The van der Waals surface area contributed by atoms with Gasteiger partial charge in [0.15, 0.2) is 0 Å². The van der Waals surface area contributed by atoms with Crippen LogP contribution in [0.2, 0.25) is 0 Å². The van der Waals surface area contributed by atoms with E-state index >= 15 is 0 Å². The molecule has 0 N–H and O–H groups in total. The van der Waals surface area contributed by atoms with E-state index in [1.54, 1.807) is 0 Å². The summed E-state index contributed by atoms with van der Waals surface area (Å²) in [7, 11) is 0. The van der Waals surface area contributed by atoms with Crippen LogP contribution in [0.1, 0.15) is 77.0 Å². The maximum atomic E-state index is 6.99. The second-order valence-corrected chi connectivity index (χ2v) is 18.4. The molecule has 0 unspecified atom stereocenters. The minimum absolute atomic E-state index is 0. The molecule has 0 bridgehead atoms. The van der Waals surface area contributed by atoms with Gasteiger partial charge < -0.3 is 14.0 Å². The summed E-state index contributed by atoms with van der Waals surface area (Å²) in [6.45, 7) is 15.7. The van der Waals surface area contributed by atoms with Gasteiger partial charge in [-0.3, -0.25) is 4.98 Å². The van der Waals surface area contributed by atoms with Gasteiger partial charge in [-0.1, -0.05) is 163 Å². The molecule has 11 rings (SSSR count). The maximum Gasteiger partial charge on any atom is 0.129 e. The van der Waals surface area contributed by atoms with Crippen LogP contribution in [0.25, 0.3) is 94.0 Å². The fraction of sp³-hybridized carbons (Fsp3) is 0.167. The summed E-state index contributed by atoms with van der Waals surface area (Å²) in [5.41, 5.74) is 14.3. The molecular weight excluding hydrogens is 971 g/mol. The SMILES string of the molecule is CC(C)(C)c1ccc(-c2[c-]cccc2)nc1.CC(C)c1cc(-c2ccccc2)cc(C(C)C)c1-n1c(-c2[c-]ccc3c2oc2c3ccc3ccc4ccccc4c32)nc2ccccc21.[Ir]. The van der Waals surface area contributed by atoms with Crippen LogP contribution < -0.4 is 0 Å². The molecule has 0 saturated carbocycles. The number of hydrogen-bond acceptors (Lipinski definition) is 3. The summed E-state index contributed by atoms with van der Waals surface area (Å²) in [6, 6.07) is 64.3. The van der Waals surface area contributed by atoms with E-state index in [2.05, 4.69) is 204 Å². The van der Waals surface area contributed by atoms with Gasteiger partial charge in [0.1, 0.15) is 5.58 Å². The van der Waals surface area contributed by atoms with Crippen molar-refractivity contribution in [1.29, 1.82) is 0 Å². The summed E-state index contributed by atoms with van der Waals surface area (Å²) >= 11 is 0. The van der Waals surface area contributed by atoms with Crippen molar-refractivity contribution in [2.45, 2.75) is 65.7 Å². The molecular formula is C60H51IrN3O-2. The minimum atomic E-state index is 0. The number of imidazole rings is 1. The monoisotopic (exact) mass is 1020 g/mol. The first-order valence-electron chi connectivity index (χ1n) is 22.4. The molecule has 0 saturated heterocycles. The molecule has 5 heteroatoms. The van der Waals surface area contributed by atoms with E-state index < -0.39 is 0 Å². The normalized spacial score (nSPS) is 11.8. The van der Waals surface area contributed by atoms with Gasteiger partial charge in [-0.2, -0.15) is 0 Å². The van der Waals surface area contributed by atoms with Crippen LogP contribution in [-0.2, 0) is 25.5 Å². The van der Waals surface area contributed by atoms with Crippen LogP contribution >= 0.6 is 0 Å². The van der Waals surface area contributed by atoms with Crippen molar-refractivity contribution in [2.24, 2.45) is 0 Å². The fourth-order valence-electron chi connectivity index (χ4n) is 9.04. The molecule has 0 aliphatic rings. The third-order valence-electron chi connectivity index (χ3n) is 12.4. The zero-order chi connectivity index (χ0) is 44.1. The van der Waals surface area contributed by atoms with Gasteiger partial charge in [-0.25, -0.2) is 0 Å². The van der Waals surface area contributed by atoms with E-state index in [0.29, 0.717) is 0 Å². The Kier molecular flexibility index (Phi) is 11.9. The molecule has 0 fully saturated rings. The quantitative estimate of drug-likeness (QED) is 0.123. The van der Waals surface area contributed by atoms with Gasteiger partial charge in [-0.05, 0) is 91.2 Å². The molecule has 65 heavy (non-hydrogen) atoms. The number of aromatic nitrogens is 3. The molecule has 323 valence electrons. The van der Waals surface area contributed by atoms with Gasteiger partial charge in [-0.15, -0.1) is 54.1 Å². The van der Waals surface area contributed by atoms with E-state index in [4.69, 9.17) is 9.40 Å². The standard InChI is InChI=1S/C45H35N2O.C15H16N.Ir/c1-27(2)37-25-32(29-13-6-5-7-14-29)26-38(28(3)4)42(37)47-40-20-11-10-19-39(40)46-45(47)36-18-12-17-34-35-24-23-31-22-21-30-15-8-9-16-33(30)41(31)44(35)48-43(34)36;1-15(2,3)13-9-10-14(16-11-13)12-7-5-4-6-8-12;/h5-17,19-28H,1-4H3;4-7,9-11H,1-3H3;/q2*-1;. The van der Waals surface area contributed by atoms with Crippen LogP contribution in [0.15, 0.2) is 174 Å². The molecule has 11 aromatic rings. The van der Waals surface area contributed by atoms with Crippen molar-refractivity contribution in [1.82, 2.24) is 14.5 Å². The van der Waals surface area contributed by atoms with E-state index in [0.717, 1.165) is 61.0 Å². The van der Waals surface area contributed by atoms with Crippen LogP contribution in [0.3, 0.4) is 0 Å². The Morgan fingerprint density at radius 2 is 1.26 bits per heavy atom. The van der Waals surface area contributed by atoms with E-state index in [9.17, 15) is 0 Å².